The Bertz CT molecular complexity index is 957. The minimum absolute atomic E-state index is 0.0960. The van der Waals surface area contributed by atoms with Crippen molar-refractivity contribution < 1.29 is 13.7 Å². The molecular formula is C20H21FN4O2S. The van der Waals surface area contributed by atoms with E-state index >= 15 is 0 Å². The number of rotatable bonds is 5. The molecule has 28 heavy (non-hydrogen) atoms. The van der Waals surface area contributed by atoms with Gasteiger partial charge in [0.2, 0.25) is 17.6 Å². The number of aryl methyl sites for hydroxylation is 2. The van der Waals surface area contributed by atoms with Crippen molar-refractivity contribution in [2.45, 2.75) is 38.5 Å². The van der Waals surface area contributed by atoms with Crippen molar-refractivity contribution >= 4 is 17.2 Å². The van der Waals surface area contributed by atoms with E-state index in [-0.39, 0.29) is 11.7 Å². The Balaban J connectivity index is 1.35. The fourth-order valence-corrected chi connectivity index (χ4v) is 4.24. The maximum Gasteiger partial charge on any atom is 0.227 e. The van der Waals surface area contributed by atoms with Gasteiger partial charge in [0.05, 0.1) is 5.01 Å². The van der Waals surface area contributed by atoms with Crippen LogP contribution < -0.4 is 0 Å². The van der Waals surface area contributed by atoms with Crippen LogP contribution in [-0.4, -0.2) is 39.0 Å². The monoisotopic (exact) mass is 400 g/mol. The molecule has 8 heteroatoms. The van der Waals surface area contributed by atoms with Gasteiger partial charge in [0.1, 0.15) is 5.82 Å². The van der Waals surface area contributed by atoms with E-state index in [1.165, 1.54) is 6.07 Å². The van der Waals surface area contributed by atoms with Gasteiger partial charge < -0.3 is 9.42 Å². The summed E-state index contributed by atoms with van der Waals surface area (Å²) in [7, 11) is 0. The zero-order chi connectivity index (χ0) is 19.5. The molecule has 1 aliphatic heterocycles. The van der Waals surface area contributed by atoms with Crippen molar-refractivity contribution in [3.63, 3.8) is 0 Å². The Labute approximate surface area is 166 Å². The number of piperidine rings is 1. The van der Waals surface area contributed by atoms with Crippen molar-refractivity contribution in [1.29, 1.82) is 0 Å². The number of benzene rings is 1. The third kappa shape index (κ3) is 4.11. The first-order chi connectivity index (χ1) is 13.6. The van der Waals surface area contributed by atoms with Crippen LogP contribution in [0.1, 0.15) is 41.6 Å². The minimum atomic E-state index is -0.268. The van der Waals surface area contributed by atoms with E-state index < -0.39 is 0 Å². The maximum absolute atomic E-state index is 13.4. The number of carbonyl (C=O) groups is 1. The van der Waals surface area contributed by atoms with E-state index in [0.29, 0.717) is 41.6 Å². The summed E-state index contributed by atoms with van der Waals surface area (Å²) in [6.07, 6.45) is 4.60. The number of likely N-dealkylation sites (tertiary alicyclic amines) is 1. The van der Waals surface area contributed by atoms with Crippen LogP contribution in [0.4, 0.5) is 4.39 Å². The molecule has 1 fully saturated rings. The minimum Gasteiger partial charge on any atom is -0.342 e. The molecule has 3 heterocycles. The first-order valence-electron chi connectivity index (χ1n) is 9.36. The maximum atomic E-state index is 13.4. The van der Waals surface area contributed by atoms with Crippen molar-refractivity contribution in [3.8, 4) is 11.4 Å². The second kappa shape index (κ2) is 8.18. The molecule has 0 spiro atoms. The molecule has 1 unspecified atom stereocenters. The number of hydrogen-bond donors (Lipinski definition) is 0. The van der Waals surface area contributed by atoms with E-state index in [9.17, 15) is 9.18 Å². The Kier molecular flexibility index (Phi) is 5.47. The average molecular weight is 400 g/mol. The highest BCUT2D eigenvalue weighted by atomic mass is 32.1. The van der Waals surface area contributed by atoms with Crippen LogP contribution in [0.5, 0.6) is 0 Å². The number of nitrogens with zero attached hydrogens (tertiary/aromatic N) is 4. The zero-order valence-electron chi connectivity index (χ0n) is 15.6. The zero-order valence-corrected chi connectivity index (χ0v) is 16.4. The number of amides is 1. The predicted molar refractivity (Wildman–Crippen MR) is 103 cm³/mol. The smallest absolute Gasteiger partial charge is 0.227 e. The second-order valence-electron chi connectivity index (χ2n) is 7.02. The number of halogens is 1. The summed E-state index contributed by atoms with van der Waals surface area (Å²) in [5.74, 6) is 0.981. The van der Waals surface area contributed by atoms with Crippen molar-refractivity contribution in [1.82, 2.24) is 20.0 Å². The third-order valence-electron chi connectivity index (χ3n) is 5.01. The molecule has 0 radical (unpaired) electrons. The molecular weight excluding hydrogens is 379 g/mol. The summed E-state index contributed by atoms with van der Waals surface area (Å²) in [6.45, 7) is 3.19. The van der Waals surface area contributed by atoms with Crippen molar-refractivity contribution in [2.75, 3.05) is 13.1 Å². The largest absolute Gasteiger partial charge is 0.342 e. The molecule has 1 atom stereocenters. The fourth-order valence-electron chi connectivity index (χ4n) is 3.47. The number of carbonyl (C=O) groups excluding carboxylic acids is 1. The van der Waals surface area contributed by atoms with Crippen LogP contribution in [0.2, 0.25) is 0 Å². The molecule has 0 N–H and O–H groups in total. The summed E-state index contributed by atoms with van der Waals surface area (Å²) in [4.78, 5) is 23.3. The van der Waals surface area contributed by atoms with Gasteiger partial charge in [0, 0.05) is 49.0 Å². The highest BCUT2D eigenvalue weighted by Gasteiger charge is 2.26. The van der Waals surface area contributed by atoms with Gasteiger partial charge in [-0.2, -0.15) is 4.98 Å². The SMILES string of the molecule is Cc1cc(-c2noc(CCC(=O)N3CCCC(c4nccs4)C3)n2)ccc1F. The van der Waals surface area contributed by atoms with Gasteiger partial charge in [0.15, 0.2) is 0 Å². The first-order valence-corrected chi connectivity index (χ1v) is 10.2. The molecule has 0 saturated carbocycles. The van der Waals surface area contributed by atoms with Crippen LogP contribution in [0.3, 0.4) is 0 Å². The molecule has 0 aliphatic carbocycles. The van der Waals surface area contributed by atoms with Gasteiger partial charge in [-0.15, -0.1) is 11.3 Å². The molecule has 1 aliphatic rings. The highest BCUT2D eigenvalue weighted by molar-refractivity contribution is 7.09. The van der Waals surface area contributed by atoms with Crippen LogP contribution >= 0.6 is 11.3 Å². The lowest BCUT2D eigenvalue weighted by Crippen LogP contribution is -2.39. The summed E-state index contributed by atoms with van der Waals surface area (Å²) in [5.41, 5.74) is 1.22. The van der Waals surface area contributed by atoms with Gasteiger partial charge in [-0.25, -0.2) is 9.37 Å². The molecule has 1 saturated heterocycles. The lowest BCUT2D eigenvalue weighted by atomic mass is 9.98. The van der Waals surface area contributed by atoms with E-state index in [1.54, 1.807) is 30.4 Å². The summed E-state index contributed by atoms with van der Waals surface area (Å²) >= 11 is 1.65. The standard InChI is InChI=1S/C20H21FN4O2S/c1-13-11-14(4-5-16(13)21)19-23-17(27-24-19)6-7-18(26)25-9-2-3-15(12-25)20-22-8-10-28-20/h4-5,8,10-11,15H,2-3,6-7,9,12H2,1H3. The van der Waals surface area contributed by atoms with E-state index in [4.69, 9.17) is 4.52 Å². The Morgan fingerprint density at radius 1 is 1.43 bits per heavy atom. The fraction of sp³-hybridized carbons (Fsp3) is 0.400. The Morgan fingerprint density at radius 2 is 2.32 bits per heavy atom. The summed E-state index contributed by atoms with van der Waals surface area (Å²) in [5, 5.41) is 7.04. The van der Waals surface area contributed by atoms with Gasteiger partial charge in [-0.05, 0) is 43.5 Å². The molecule has 0 bridgehead atoms. The topological polar surface area (TPSA) is 72.1 Å². The molecule has 3 aromatic rings. The van der Waals surface area contributed by atoms with Gasteiger partial charge in [0.25, 0.3) is 0 Å². The van der Waals surface area contributed by atoms with Gasteiger partial charge >= 0.3 is 0 Å². The molecule has 6 nitrogen and oxygen atoms in total. The quantitative estimate of drug-likeness (QED) is 0.648. The van der Waals surface area contributed by atoms with E-state index in [0.717, 1.165) is 30.9 Å². The molecule has 2 aromatic heterocycles. The molecule has 4 rings (SSSR count). The summed E-state index contributed by atoms with van der Waals surface area (Å²) in [6, 6.07) is 4.69. The van der Waals surface area contributed by atoms with Crippen molar-refractivity contribution in [3.05, 3.63) is 52.1 Å². The third-order valence-corrected chi connectivity index (χ3v) is 5.95. The normalized spacial score (nSPS) is 17.1. The lowest BCUT2D eigenvalue weighted by molar-refractivity contribution is -0.132. The van der Waals surface area contributed by atoms with E-state index in [1.807, 2.05) is 16.5 Å². The van der Waals surface area contributed by atoms with Gasteiger partial charge in [-0.3, -0.25) is 4.79 Å². The highest BCUT2D eigenvalue weighted by Crippen LogP contribution is 2.28. The second-order valence-corrected chi connectivity index (χ2v) is 7.95. The number of thiazole rings is 1. The van der Waals surface area contributed by atoms with Crippen LogP contribution in [0, 0.1) is 12.7 Å². The molecule has 1 amide bonds. The van der Waals surface area contributed by atoms with Gasteiger partial charge in [-0.1, -0.05) is 5.16 Å². The summed E-state index contributed by atoms with van der Waals surface area (Å²) < 4.78 is 18.7. The molecule has 146 valence electrons. The Morgan fingerprint density at radius 3 is 3.11 bits per heavy atom. The number of hydrogen-bond acceptors (Lipinski definition) is 6. The molecule has 1 aromatic carbocycles. The average Bonchev–Trinajstić information content (AvgIpc) is 3.40. The van der Waals surface area contributed by atoms with Crippen LogP contribution in [-0.2, 0) is 11.2 Å². The van der Waals surface area contributed by atoms with Crippen molar-refractivity contribution in [2.24, 2.45) is 0 Å². The first kappa shape index (κ1) is 18.7. The van der Waals surface area contributed by atoms with E-state index in [2.05, 4.69) is 15.1 Å². The lowest BCUT2D eigenvalue weighted by Gasteiger charge is -2.31. The van der Waals surface area contributed by atoms with Crippen LogP contribution in [0.15, 0.2) is 34.3 Å². The number of aromatic nitrogens is 3. The predicted octanol–water partition coefficient (Wildman–Crippen LogP) is 3.98. The Hall–Kier alpha value is -2.61. The van der Waals surface area contributed by atoms with Crippen LogP contribution in [0.25, 0.3) is 11.4 Å².